The minimum absolute atomic E-state index is 0.0498. The Morgan fingerprint density at radius 1 is 1.27 bits per heavy atom. The maximum atomic E-state index is 12.6. The van der Waals surface area contributed by atoms with E-state index in [0.717, 1.165) is 10.1 Å². The van der Waals surface area contributed by atoms with E-state index in [1.807, 2.05) is 30.3 Å². The molecule has 1 aromatic carbocycles. The number of hydrogen-bond acceptors (Lipinski definition) is 5. The third-order valence-corrected chi connectivity index (χ3v) is 4.06. The Balaban J connectivity index is 1.88. The normalized spacial score (nSPS) is 10.8. The summed E-state index contributed by atoms with van der Waals surface area (Å²) in [5, 5.41) is 9.16. The molecule has 0 radical (unpaired) electrons. The molecule has 0 unspecified atom stereocenters. The van der Waals surface area contributed by atoms with Gasteiger partial charge in [0.25, 0.3) is 5.56 Å². The molecule has 8 nitrogen and oxygen atoms in total. The topological polar surface area (TPSA) is 106 Å². The van der Waals surface area contributed by atoms with Gasteiger partial charge >= 0.3 is 5.97 Å². The monoisotopic (exact) mass is 355 g/mol. The summed E-state index contributed by atoms with van der Waals surface area (Å²) in [7, 11) is 1.64. The highest BCUT2D eigenvalue weighted by molar-refractivity contribution is 6.02. The number of nitrogens with zero attached hydrogens (tertiary/aromatic N) is 3. The van der Waals surface area contributed by atoms with Gasteiger partial charge in [-0.1, -0.05) is 30.3 Å². The average molecular weight is 355 g/mol. The Kier molecular flexibility index (Phi) is 4.57. The second-order valence-electron chi connectivity index (χ2n) is 5.93. The lowest BCUT2D eigenvalue weighted by atomic mass is 10.2. The van der Waals surface area contributed by atoms with Crippen LogP contribution in [0.15, 0.2) is 45.9 Å². The van der Waals surface area contributed by atoms with Crippen molar-refractivity contribution in [1.29, 1.82) is 0 Å². The molecule has 1 N–H and O–H groups in total. The van der Waals surface area contributed by atoms with Gasteiger partial charge in [0.1, 0.15) is 29.6 Å². The largest absolute Gasteiger partial charge is 0.478 e. The lowest BCUT2D eigenvalue weighted by molar-refractivity contribution is -0.131. The zero-order valence-electron chi connectivity index (χ0n) is 14.3. The molecule has 0 fully saturated rings. The van der Waals surface area contributed by atoms with E-state index in [-0.39, 0.29) is 34.9 Å². The molecule has 26 heavy (non-hydrogen) atoms. The molecule has 0 bridgehead atoms. The number of carbonyl (C=O) groups is 2. The highest BCUT2D eigenvalue weighted by Crippen LogP contribution is 2.20. The number of carboxylic acid groups (broad SMARTS) is 1. The minimum atomic E-state index is -1.27. The molecule has 8 heteroatoms. The quantitative estimate of drug-likeness (QED) is 0.746. The van der Waals surface area contributed by atoms with E-state index in [0.29, 0.717) is 6.54 Å². The summed E-state index contributed by atoms with van der Waals surface area (Å²) in [4.78, 5) is 41.9. The number of furan rings is 1. The fourth-order valence-corrected chi connectivity index (χ4v) is 2.72. The predicted octanol–water partition coefficient (Wildman–Crippen LogP) is 1.65. The van der Waals surface area contributed by atoms with Gasteiger partial charge in [-0.05, 0) is 12.5 Å². The van der Waals surface area contributed by atoms with Crippen LogP contribution in [0.5, 0.6) is 0 Å². The van der Waals surface area contributed by atoms with Crippen molar-refractivity contribution >= 4 is 23.0 Å². The first kappa shape index (κ1) is 17.4. The number of carbonyl (C=O) groups excluding carboxylic acids is 1. The number of aromatic nitrogens is 2. The van der Waals surface area contributed by atoms with Gasteiger partial charge in [0, 0.05) is 13.6 Å². The summed E-state index contributed by atoms with van der Waals surface area (Å²) in [6, 6.07) is 9.45. The van der Waals surface area contributed by atoms with Crippen LogP contribution in [-0.2, 0) is 17.9 Å². The van der Waals surface area contributed by atoms with Crippen molar-refractivity contribution in [2.24, 2.45) is 0 Å². The number of aromatic carboxylic acids is 1. The van der Waals surface area contributed by atoms with E-state index in [1.54, 1.807) is 7.05 Å². The van der Waals surface area contributed by atoms with Gasteiger partial charge in [0.05, 0.1) is 0 Å². The van der Waals surface area contributed by atoms with Crippen molar-refractivity contribution in [3.63, 3.8) is 0 Å². The van der Waals surface area contributed by atoms with Crippen molar-refractivity contribution in [2.45, 2.75) is 20.0 Å². The van der Waals surface area contributed by atoms with Crippen molar-refractivity contribution in [1.82, 2.24) is 14.5 Å². The average Bonchev–Trinajstić information content (AvgIpc) is 2.95. The predicted molar refractivity (Wildman–Crippen MR) is 92.9 cm³/mol. The van der Waals surface area contributed by atoms with Crippen molar-refractivity contribution < 1.29 is 19.1 Å². The summed E-state index contributed by atoms with van der Waals surface area (Å²) in [6.45, 7) is 1.61. The van der Waals surface area contributed by atoms with Gasteiger partial charge < -0.3 is 14.4 Å². The maximum absolute atomic E-state index is 12.6. The number of aryl methyl sites for hydroxylation is 1. The van der Waals surface area contributed by atoms with Crippen LogP contribution in [0.25, 0.3) is 11.1 Å². The van der Waals surface area contributed by atoms with Crippen molar-refractivity contribution in [3.05, 3.63) is 63.9 Å². The molecule has 0 spiro atoms. The van der Waals surface area contributed by atoms with Crippen molar-refractivity contribution in [2.75, 3.05) is 7.05 Å². The Morgan fingerprint density at radius 2 is 1.96 bits per heavy atom. The summed E-state index contributed by atoms with van der Waals surface area (Å²) in [5.74, 6) is -1.47. The molecule has 0 aliphatic carbocycles. The lowest BCUT2D eigenvalue weighted by Gasteiger charge is -2.17. The molecule has 3 aromatic rings. The molecule has 0 saturated heterocycles. The second kappa shape index (κ2) is 6.83. The van der Waals surface area contributed by atoms with Crippen LogP contribution >= 0.6 is 0 Å². The molecular weight excluding hydrogens is 338 g/mol. The van der Waals surface area contributed by atoms with Crippen LogP contribution in [-0.4, -0.2) is 38.5 Å². The van der Waals surface area contributed by atoms with E-state index in [9.17, 15) is 19.5 Å². The van der Waals surface area contributed by atoms with E-state index in [1.165, 1.54) is 18.2 Å². The van der Waals surface area contributed by atoms with Gasteiger partial charge in [0.2, 0.25) is 11.6 Å². The van der Waals surface area contributed by atoms with Gasteiger partial charge in [-0.15, -0.1) is 0 Å². The summed E-state index contributed by atoms with van der Waals surface area (Å²) in [5.41, 5.74) is 0.0665. The summed E-state index contributed by atoms with van der Waals surface area (Å²) < 4.78 is 6.32. The van der Waals surface area contributed by atoms with Crippen LogP contribution < -0.4 is 5.56 Å². The van der Waals surface area contributed by atoms with Gasteiger partial charge in [-0.2, -0.15) is 0 Å². The molecule has 3 rings (SSSR count). The lowest BCUT2D eigenvalue weighted by Crippen LogP contribution is -2.33. The Labute approximate surface area is 148 Å². The zero-order valence-corrected chi connectivity index (χ0v) is 14.3. The van der Waals surface area contributed by atoms with E-state index < -0.39 is 11.5 Å². The number of hydrogen-bond donors (Lipinski definition) is 1. The van der Waals surface area contributed by atoms with Gasteiger partial charge in [-0.3, -0.25) is 14.2 Å². The Morgan fingerprint density at radius 3 is 2.62 bits per heavy atom. The first-order valence-corrected chi connectivity index (χ1v) is 7.88. The number of likely N-dealkylation sites (N-methyl/N-ethyl adjacent to an activating group) is 1. The van der Waals surface area contributed by atoms with Crippen LogP contribution in [0.3, 0.4) is 0 Å². The third-order valence-electron chi connectivity index (χ3n) is 4.06. The molecular formula is C18H17N3O5. The maximum Gasteiger partial charge on any atom is 0.340 e. The number of benzene rings is 1. The first-order valence-electron chi connectivity index (χ1n) is 7.88. The highest BCUT2D eigenvalue weighted by Gasteiger charge is 2.23. The summed E-state index contributed by atoms with van der Waals surface area (Å²) in [6.07, 6.45) is 1.19. The van der Waals surface area contributed by atoms with Crippen LogP contribution in [0.4, 0.5) is 0 Å². The Hall–Kier alpha value is -3.42. The SMILES string of the molecule is Cc1oc2ncn(CC(=O)N(C)Cc3ccccc3)c(=O)c2c1C(=O)O. The fourth-order valence-electron chi connectivity index (χ4n) is 2.72. The molecule has 0 aliphatic heterocycles. The van der Waals surface area contributed by atoms with Gasteiger partial charge in [-0.25, -0.2) is 9.78 Å². The fraction of sp³-hybridized carbons (Fsp3) is 0.222. The second-order valence-corrected chi connectivity index (χ2v) is 5.93. The minimum Gasteiger partial charge on any atom is -0.478 e. The molecule has 134 valence electrons. The van der Waals surface area contributed by atoms with Crippen LogP contribution in [0.2, 0.25) is 0 Å². The van der Waals surface area contributed by atoms with E-state index in [4.69, 9.17) is 4.42 Å². The molecule has 1 amide bonds. The van der Waals surface area contributed by atoms with E-state index >= 15 is 0 Å². The molecule has 0 saturated carbocycles. The number of carboxylic acids is 1. The van der Waals surface area contributed by atoms with Gasteiger partial charge in [0.15, 0.2) is 0 Å². The standard InChI is InChI=1S/C18H17N3O5/c1-11-14(18(24)25)15-16(26-11)19-10-21(17(15)23)9-13(22)20(2)8-12-6-4-3-5-7-12/h3-7,10H,8-9H2,1-2H3,(H,24,25). The van der Waals surface area contributed by atoms with Crippen LogP contribution in [0, 0.1) is 6.92 Å². The number of fused-ring (bicyclic) bond motifs is 1. The van der Waals surface area contributed by atoms with Crippen LogP contribution in [0.1, 0.15) is 21.7 Å². The highest BCUT2D eigenvalue weighted by atomic mass is 16.4. The summed E-state index contributed by atoms with van der Waals surface area (Å²) >= 11 is 0. The number of rotatable bonds is 5. The molecule has 2 aromatic heterocycles. The van der Waals surface area contributed by atoms with E-state index in [2.05, 4.69) is 4.98 Å². The first-order chi connectivity index (χ1) is 12.4. The molecule has 0 atom stereocenters. The zero-order chi connectivity index (χ0) is 18.8. The number of amides is 1. The third kappa shape index (κ3) is 3.21. The molecule has 2 heterocycles. The molecule has 0 aliphatic rings. The Bertz CT molecular complexity index is 1040. The smallest absolute Gasteiger partial charge is 0.340 e. The van der Waals surface area contributed by atoms with Crippen molar-refractivity contribution in [3.8, 4) is 0 Å².